The van der Waals surface area contributed by atoms with Gasteiger partial charge in [0.05, 0.1) is 11.6 Å². The minimum absolute atomic E-state index is 0.0665. The van der Waals surface area contributed by atoms with Crippen LogP contribution >= 0.6 is 22.9 Å². The molecule has 1 heterocycles. The zero-order valence-corrected chi connectivity index (χ0v) is 12.5. The van der Waals surface area contributed by atoms with E-state index in [0.717, 1.165) is 0 Å². The first-order valence-electron chi connectivity index (χ1n) is 6.10. The second-order valence-corrected chi connectivity index (χ2v) is 5.42. The lowest BCUT2D eigenvalue weighted by molar-refractivity contribution is 0.0955. The lowest BCUT2D eigenvalue weighted by Gasteiger charge is -2.06. The number of hydrogen-bond acceptors (Lipinski definition) is 3. The van der Waals surface area contributed by atoms with Crippen molar-refractivity contribution in [2.24, 2.45) is 5.73 Å². The van der Waals surface area contributed by atoms with Crippen molar-refractivity contribution in [3.05, 3.63) is 56.5 Å². The predicted octanol–water partition coefficient (Wildman–Crippen LogP) is 2.78. The molecule has 0 spiro atoms. The highest BCUT2D eigenvalue weighted by molar-refractivity contribution is 7.12. The van der Waals surface area contributed by atoms with Crippen LogP contribution in [0.3, 0.4) is 0 Å². The van der Waals surface area contributed by atoms with Crippen LogP contribution in [0.5, 0.6) is 0 Å². The molecular weight excluding hydrogens is 311 g/mol. The third-order valence-corrected chi connectivity index (χ3v) is 3.98. The Morgan fingerprint density at radius 3 is 2.90 bits per heavy atom. The van der Waals surface area contributed by atoms with Crippen LogP contribution in [-0.2, 0) is 6.54 Å². The van der Waals surface area contributed by atoms with E-state index in [2.05, 4.69) is 17.2 Å². The van der Waals surface area contributed by atoms with Gasteiger partial charge in [0.25, 0.3) is 5.91 Å². The first-order valence-corrected chi connectivity index (χ1v) is 7.36. The molecule has 3 N–H and O–H groups in total. The Morgan fingerprint density at radius 2 is 2.24 bits per heavy atom. The van der Waals surface area contributed by atoms with Crippen molar-refractivity contribution in [1.82, 2.24) is 5.32 Å². The summed E-state index contributed by atoms with van der Waals surface area (Å²) in [5.74, 6) is 4.80. The average Bonchev–Trinajstić information content (AvgIpc) is 2.91. The summed E-state index contributed by atoms with van der Waals surface area (Å²) in [6, 6.07) is 6.12. The predicted molar refractivity (Wildman–Crippen MR) is 82.8 cm³/mol. The summed E-state index contributed by atoms with van der Waals surface area (Å²) in [4.78, 5) is 12.3. The van der Waals surface area contributed by atoms with E-state index < -0.39 is 5.82 Å². The molecule has 0 aliphatic heterocycles. The van der Waals surface area contributed by atoms with Gasteiger partial charge in [-0.25, -0.2) is 4.39 Å². The number of halogens is 2. The quantitative estimate of drug-likeness (QED) is 0.854. The van der Waals surface area contributed by atoms with Crippen LogP contribution in [0.2, 0.25) is 5.02 Å². The van der Waals surface area contributed by atoms with Crippen molar-refractivity contribution in [3.63, 3.8) is 0 Å². The fourth-order valence-electron chi connectivity index (χ4n) is 1.65. The summed E-state index contributed by atoms with van der Waals surface area (Å²) in [5, 5.41) is 4.75. The highest BCUT2D eigenvalue weighted by atomic mass is 35.5. The molecule has 2 rings (SSSR count). The van der Waals surface area contributed by atoms with Crippen LogP contribution in [0.25, 0.3) is 0 Å². The van der Waals surface area contributed by atoms with Gasteiger partial charge in [0, 0.05) is 17.7 Å². The van der Waals surface area contributed by atoms with Crippen molar-refractivity contribution < 1.29 is 9.18 Å². The van der Waals surface area contributed by atoms with E-state index in [4.69, 9.17) is 17.3 Å². The smallest absolute Gasteiger partial charge is 0.263 e. The van der Waals surface area contributed by atoms with Gasteiger partial charge in [0.2, 0.25) is 0 Å². The first kappa shape index (κ1) is 15.5. The van der Waals surface area contributed by atoms with Gasteiger partial charge in [-0.3, -0.25) is 4.79 Å². The zero-order valence-electron chi connectivity index (χ0n) is 11.0. The molecule has 0 radical (unpaired) electrons. The maximum atomic E-state index is 13.7. The number of nitrogens with one attached hydrogen (secondary N) is 1. The molecule has 0 unspecified atom stereocenters. The zero-order chi connectivity index (χ0) is 15.2. The highest BCUT2D eigenvalue weighted by Crippen LogP contribution is 2.21. The van der Waals surface area contributed by atoms with Crippen LogP contribution in [0, 0.1) is 17.7 Å². The molecule has 0 saturated carbocycles. The monoisotopic (exact) mass is 322 g/mol. The lowest BCUT2D eigenvalue weighted by atomic mass is 10.1. The van der Waals surface area contributed by atoms with Crippen LogP contribution in [0.15, 0.2) is 29.6 Å². The van der Waals surface area contributed by atoms with Gasteiger partial charge < -0.3 is 11.1 Å². The van der Waals surface area contributed by atoms with E-state index in [-0.39, 0.29) is 19.0 Å². The van der Waals surface area contributed by atoms with E-state index in [1.165, 1.54) is 17.4 Å². The number of rotatable bonds is 3. The van der Waals surface area contributed by atoms with Gasteiger partial charge >= 0.3 is 0 Å². The maximum Gasteiger partial charge on any atom is 0.263 e. The van der Waals surface area contributed by atoms with Crippen LogP contribution in [0.4, 0.5) is 4.39 Å². The number of carbonyl (C=O) groups is 1. The molecule has 0 bridgehead atoms. The number of benzene rings is 1. The molecule has 1 aromatic carbocycles. The third kappa shape index (κ3) is 4.05. The molecule has 0 aliphatic rings. The van der Waals surface area contributed by atoms with Crippen molar-refractivity contribution in [2.45, 2.75) is 6.54 Å². The van der Waals surface area contributed by atoms with Gasteiger partial charge in [0.1, 0.15) is 10.7 Å². The number of hydrogen-bond donors (Lipinski definition) is 2. The molecule has 0 aliphatic carbocycles. The van der Waals surface area contributed by atoms with Gasteiger partial charge in [-0.2, -0.15) is 0 Å². The Kier molecular flexibility index (Phi) is 5.34. The SMILES string of the molecule is NCC#Cc1ccc(F)c(CNC(=O)c2sccc2Cl)c1. The summed E-state index contributed by atoms with van der Waals surface area (Å²) in [6.07, 6.45) is 0. The topological polar surface area (TPSA) is 55.1 Å². The molecule has 0 saturated heterocycles. The molecule has 0 fully saturated rings. The van der Waals surface area contributed by atoms with Crippen molar-refractivity contribution in [2.75, 3.05) is 6.54 Å². The lowest BCUT2D eigenvalue weighted by Crippen LogP contribution is -2.22. The summed E-state index contributed by atoms with van der Waals surface area (Å²) in [6.45, 7) is 0.303. The molecule has 6 heteroatoms. The van der Waals surface area contributed by atoms with E-state index >= 15 is 0 Å². The minimum Gasteiger partial charge on any atom is -0.347 e. The Bertz CT molecular complexity index is 718. The van der Waals surface area contributed by atoms with E-state index in [1.807, 2.05) is 0 Å². The molecule has 2 aromatic rings. The van der Waals surface area contributed by atoms with Gasteiger partial charge in [0.15, 0.2) is 0 Å². The highest BCUT2D eigenvalue weighted by Gasteiger charge is 2.12. The second kappa shape index (κ2) is 7.23. The number of thiophene rings is 1. The number of carbonyl (C=O) groups excluding carboxylic acids is 1. The molecule has 21 heavy (non-hydrogen) atoms. The van der Waals surface area contributed by atoms with E-state index in [0.29, 0.717) is 21.0 Å². The van der Waals surface area contributed by atoms with E-state index in [1.54, 1.807) is 23.6 Å². The van der Waals surface area contributed by atoms with Crippen LogP contribution in [-0.4, -0.2) is 12.5 Å². The molecule has 1 aromatic heterocycles. The minimum atomic E-state index is -0.397. The van der Waals surface area contributed by atoms with Crippen molar-refractivity contribution in [1.29, 1.82) is 0 Å². The molecular formula is C15H12ClFN2OS. The number of amides is 1. The summed E-state index contributed by atoms with van der Waals surface area (Å²) >= 11 is 7.11. The fraction of sp³-hybridized carbons (Fsp3) is 0.133. The van der Waals surface area contributed by atoms with Crippen molar-refractivity contribution >= 4 is 28.8 Å². The standard InChI is InChI=1S/C15H12ClFN2OS/c16-12-5-7-21-14(12)15(20)19-9-11-8-10(2-1-6-18)3-4-13(11)17/h3-5,7-8H,6,9,18H2,(H,19,20). The van der Waals surface area contributed by atoms with Gasteiger partial charge in [-0.1, -0.05) is 23.4 Å². The van der Waals surface area contributed by atoms with Gasteiger partial charge in [-0.15, -0.1) is 11.3 Å². The van der Waals surface area contributed by atoms with Crippen molar-refractivity contribution in [3.8, 4) is 11.8 Å². The third-order valence-electron chi connectivity index (χ3n) is 2.64. The Balaban J connectivity index is 2.09. The largest absolute Gasteiger partial charge is 0.347 e. The fourth-order valence-corrected chi connectivity index (χ4v) is 2.71. The Morgan fingerprint density at radius 1 is 1.43 bits per heavy atom. The normalized spacial score (nSPS) is 9.86. The van der Waals surface area contributed by atoms with Crippen LogP contribution < -0.4 is 11.1 Å². The van der Waals surface area contributed by atoms with Gasteiger partial charge in [-0.05, 0) is 29.6 Å². The first-order chi connectivity index (χ1) is 10.1. The molecule has 108 valence electrons. The summed E-state index contributed by atoms with van der Waals surface area (Å²) in [5.41, 5.74) is 6.31. The molecule has 0 atom stereocenters. The average molecular weight is 323 g/mol. The maximum absolute atomic E-state index is 13.7. The molecule has 3 nitrogen and oxygen atoms in total. The Labute approximate surface area is 130 Å². The molecule has 1 amide bonds. The van der Waals surface area contributed by atoms with E-state index in [9.17, 15) is 9.18 Å². The van der Waals surface area contributed by atoms with Crippen LogP contribution in [0.1, 0.15) is 20.8 Å². The number of nitrogens with two attached hydrogens (primary N) is 1. The second-order valence-electron chi connectivity index (χ2n) is 4.09. The summed E-state index contributed by atoms with van der Waals surface area (Å²) < 4.78 is 13.7. The summed E-state index contributed by atoms with van der Waals surface area (Å²) in [7, 11) is 0. The Hall–Kier alpha value is -1.87.